The van der Waals surface area contributed by atoms with Gasteiger partial charge in [-0.05, 0) is 32.9 Å². The third kappa shape index (κ3) is 4.62. The molecule has 5 heteroatoms. The van der Waals surface area contributed by atoms with Crippen molar-refractivity contribution in [2.75, 3.05) is 11.9 Å². The molecule has 0 fully saturated rings. The molecule has 0 radical (unpaired) electrons. The van der Waals surface area contributed by atoms with Crippen molar-refractivity contribution in [3.8, 4) is 5.75 Å². The van der Waals surface area contributed by atoms with E-state index < -0.39 is 17.7 Å². The standard InChI is InChI=1S/C14H19NO4/c1-10(16)18-12-9-7-6-8-11(12)15(5)13(17)19-14(2,3)4/h6-9H,1-5H3. The van der Waals surface area contributed by atoms with Crippen LogP contribution in [0.2, 0.25) is 0 Å². The molecule has 0 bridgehead atoms. The third-order valence-electron chi connectivity index (χ3n) is 2.15. The average Bonchev–Trinajstić information content (AvgIpc) is 2.25. The van der Waals surface area contributed by atoms with E-state index in [0.29, 0.717) is 11.4 Å². The van der Waals surface area contributed by atoms with Gasteiger partial charge in [0.1, 0.15) is 5.60 Å². The van der Waals surface area contributed by atoms with Crippen LogP contribution in [0.3, 0.4) is 0 Å². The highest BCUT2D eigenvalue weighted by molar-refractivity contribution is 5.90. The van der Waals surface area contributed by atoms with E-state index in [2.05, 4.69) is 0 Å². The minimum atomic E-state index is -0.582. The van der Waals surface area contributed by atoms with Crippen molar-refractivity contribution >= 4 is 17.7 Å². The molecule has 5 nitrogen and oxygen atoms in total. The fraction of sp³-hybridized carbons (Fsp3) is 0.429. The predicted molar refractivity (Wildman–Crippen MR) is 72.4 cm³/mol. The zero-order chi connectivity index (χ0) is 14.6. The Morgan fingerprint density at radius 1 is 1.16 bits per heavy atom. The number of carbonyl (C=O) groups excluding carboxylic acids is 2. The Morgan fingerprint density at radius 2 is 1.74 bits per heavy atom. The summed E-state index contributed by atoms with van der Waals surface area (Å²) in [5.41, 5.74) is -0.103. The van der Waals surface area contributed by atoms with Crippen molar-refractivity contribution in [1.82, 2.24) is 0 Å². The van der Waals surface area contributed by atoms with Crippen LogP contribution in [-0.2, 0) is 9.53 Å². The lowest BCUT2D eigenvalue weighted by Crippen LogP contribution is -2.34. The van der Waals surface area contributed by atoms with E-state index in [9.17, 15) is 9.59 Å². The minimum Gasteiger partial charge on any atom is -0.443 e. The van der Waals surface area contributed by atoms with Gasteiger partial charge >= 0.3 is 12.1 Å². The molecule has 1 rings (SSSR count). The Bertz CT molecular complexity index is 477. The molecule has 1 aromatic carbocycles. The molecule has 0 aliphatic rings. The van der Waals surface area contributed by atoms with E-state index in [1.165, 1.54) is 11.8 Å². The van der Waals surface area contributed by atoms with Crippen molar-refractivity contribution in [3.63, 3.8) is 0 Å². The molecule has 1 amide bonds. The maximum Gasteiger partial charge on any atom is 0.414 e. The summed E-state index contributed by atoms with van der Waals surface area (Å²) in [6, 6.07) is 6.79. The zero-order valence-corrected chi connectivity index (χ0v) is 11.9. The van der Waals surface area contributed by atoms with E-state index in [1.807, 2.05) is 0 Å². The van der Waals surface area contributed by atoms with Gasteiger partial charge in [-0.3, -0.25) is 9.69 Å². The van der Waals surface area contributed by atoms with Crippen LogP contribution in [0.4, 0.5) is 10.5 Å². The molecule has 0 aliphatic carbocycles. The van der Waals surface area contributed by atoms with E-state index in [4.69, 9.17) is 9.47 Å². The van der Waals surface area contributed by atoms with Gasteiger partial charge < -0.3 is 9.47 Å². The molecule has 0 spiro atoms. The molecule has 19 heavy (non-hydrogen) atoms. The van der Waals surface area contributed by atoms with Crippen LogP contribution in [0.25, 0.3) is 0 Å². The summed E-state index contributed by atoms with van der Waals surface area (Å²) in [5.74, 6) is -0.117. The lowest BCUT2D eigenvalue weighted by atomic mass is 10.2. The Morgan fingerprint density at radius 3 is 2.26 bits per heavy atom. The first-order chi connectivity index (χ1) is 8.70. The van der Waals surface area contributed by atoms with Gasteiger partial charge in [0.2, 0.25) is 0 Å². The van der Waals surface area contributed by atoms with Gasteiger partial charge in [-0.1, -0.05) is 12.1 Å². The predicted octanol–water partition coefficient (Wildman–Crippen LogP) is 2.98. The first-order valence-corrected chi connectivity index (χ1v) is 5.95. The van der Waals surface area contributed by atoms with Gasteiger partial charge in [-0.2, -0.15) is 0 Å². The Hall–Kier alpha value is -2.04. The topological polar surface area (TPSA) is 55.8 Å². The van der Waals surface area contributed by atoms with Crippen molar-refractivity contribution in [2.45, 2.75) is 33.3 Å². The maximum absolute atomic E-state index is 12.0. The van der Waals surface area contributed by atoms with E-state index in [1.54, 1.807) is 52.1 Å². The van der Waals surface area contributed by atoms with Gasteiger partial charge in [0.05, 0.1) is 5.69 Å². The highest BCUT2D eigenvalue weighted by Crippen LogP contribution is 2.28. The SMILES string of the molecule is CC(=O)Oc1ccccc1N(C)C(=O)OC(C)(C)C. The molecule has 1 aromatic rings. The van der Waals surface area contributed by atoms with E-state index >= 15 is 0 Å². The van der Waals surface area contributed by atoms with Gasteiger partial charge in [0.15, 0.2) is 5.75 Å². The first kappa shape index (κ1) is 15.0. The lowest BCUT2D eigenvalue weighted by Gasteiger charge is -2.25. The third-order valence-corrected chi connectivity index (χ3v) is 2.15. The van der Waals surface area contributed by atoms with Crippen LogP contribution >= 0.6 is 0 Å². The molecule has 0 saturated heterocycles. The van der Waals surface area contributed by atoms with Gasteiger partial charge in [-0.25, -0.2) is 4.79 Å². The molecule has 104 valence electrons. The fourth-order valence-corrected chi connectivity index (χ4v) is 1.40. The number of rotatable bonds is 2. The second-order valence-corrected chi connectivity index (χ2v) is 5.10. The van der Waals surface area contributed by atoms with E-state index in [-0.39, 0.29) is 0 Å². The summed E-state index contributed by atoms with van der Waals surface area (Å²) in [4.78, 5) is 24.3. The summed E-state index contributed by atoms with van der Waals surface area (Å²) < 4.78 is 10.3. The number of hydrogen-bond donors (Lipinski definition) is 0. The number of carbonyl (C=O) groups is 2. The van der Waals surface area contributed by atoms with Crippen molar-refractivity contribution in [1.29, 1.82) is 0 Å². The number of ether oxygens (including phenoxy) is 2. The minimum absolute atomic E-state index is 0.323. The average molecular weight is 265 g/mol. The Balaban J connectivity index is 2.96. The normalized spacial score (nSPS) is 10.8. The number of para-hydroxylation sites is 2. The molecule has 0 unspecified atom stereocenters. The lowest BCUT2D eigenvalue weighted by molar-refractivity contribution is -0.131. The van der Waals surface area contributed by atoms with Gasteiger partial charge in [0, 0.05) is 14.0 Å². The summed E-state index contributed by atoms with van der Waals surface area (Å²) in [5, 5.41) is 0. The molecule has 0 atom stereocenters. The van der Waals surface area contributed by atoms with Crippen LogP contribution in [0.15, 0.2) is 24.3 Å². The van der Waals surface area contributed by atoms with Crippen LogP contribution < -0.4 is 9.64 Å². The molecule has 0 aliphatic heterocycles. The number of anilines is 1. The van der Waals surface area contributed by atoms with Crippen molar-refractivity contribution in [3.05, 3.63) is 24.3 Å². The molecular formula is C14H19NO4. The number of nitrogens with zero attached hydrogens (tertiary/aromatic N) is 1. The number of amides is 1. The molecular weight excluding hydrogens is 246 g/mol. The van der Waals surface area contributed by atoms with Crippen LogP contribution in [0.5, 0.6) is 5.75 Å². The van der Waals surface area contributed by atoms with Crippen LogP contribution in [0.1, 0.15) is 27.7 Å². The summed E-state index contributed by atoms with van der Waals surface area (Å²) in [7, 11) is 1.57. The largest absolute Gasteiger partial charge is 0.443 e. The highest BCUT2D eigenvalue weighted by Gasteiger charge is 2.22. The van der Waals surface area contributed by atoms with Crippen molar-refractivity contribution < 1.29 is 19.1 Å². The quantitative estimate of drug-likeness (QED) is 0.609. The highest BCUT2D eigenvalue weighted by atomic mass is 16.6. The van der Waals surface area contributed by atoms with Gasteiger partial charge in [0.25, 0.3) is 0 Å². The number of benzene rings is 1. The fourth-order valence-electron chi connectivity index (χ4n) is 1.40. The number of esters is 1. The van der Waals surface area contributed by atoms with Crippen molar-refractivity contribution in [2.24, 2.45) is 0 Å². The smallest absolute Gasteiger partial charge is 0.414 e. The first-order valence-electron chi connectivity index (χ1n) is 5.95. The Labute approximate surface area is 113 Å². The summed E-state index contributed by atoms with van der Waals surface area (Å²) >= 11 is 0. The summed E-state index contributed by atoms with van der Waals surface area (Å²) in [6.45, 7) is 6.67. The molecule has 0 heterocycles. The van der Waals surface area contributed by atoms with E-state index in [0.717, 1.165) is 0 Å². The van der Waals surface area contributed by atoms with Gasteiger partial charge in [-0.15, -0.1) is 0 Å². The van der Waals surface area contributed by atoms with Crippen LogP contribution in [-0.4, -0.2) is 24.7 Å². The molecule has 0 aromatic heterocycles. The molecule has 0 saturated carbocycles. The second-order valence-electron chi connectivity index (χ2n) is 5.10. The summed E-state index contributed by atoms with van der Waals surface area (Å²) in [6.07, 6.45) is -0.507. The Kier molecular flexibility index (Phi) is 4.53. The number of hydrogen-bond acceptors (Lipinski definition) is 4. The monoisotopic (exact) mass is 265 g/mol. The second kappa shape index (κ2) is 5.73. The maximum atomic E-state index is 12.0. The zero-order valence-electron chi connectivity index (χ0n) is 11.9. The molecule has 0 N–H and O–H groups in total. The van der Waals surface area contributed by atoms with Crippen LogP contribution in [0, 0.1) is 0 Å².